The summed E-state index contributed by atoms with van der Waals surface area (Å²) in [4.78, 5) is 20.7. The number of sulfone groups is 1. The highest BCUT2D eigenvalue weighted by atomic mass is 32.2. The molecule has 6 nitrogen and oxygen atoms in total. The van der Waals surface area contributed by atoms with Gasteiger partial charge in [-0.1, -0.05) is 0 Å². The second-order valence-electron chi connectivity index (χ2n) is 5.69. The molecule has 1 amide bonds. The number of carbonyl (C=O) groups is 1. The standard InChI is InChI=1S/C13H19N3O3S2/c1-21(18,19)10-4-7-15(9-10)12(17)11-3-2-6-16(11)13-14-5-8-20-13/h5,8,10-11H,2-4,6-7,9H2,1H3/t10-,11-/m0/s1. The van der Waals surface area contributed by atoms with Crippen LogP contribution in [0.5, 0.6) is 0 Å². The first-order valence-electron chi connectivity index (χ1n) is 7.10. The molecule has 2 saturated heterocycles. The van der Waals surface area contributed by atoms with Crippen LogP contribution in [0.1, 0.15) is 19.3 Å². The molecule has 2 fully saturated rings. The van der Waals surface area contributed by atoms with Crippen molar-refractivity contribution in [3.05, 3.63) is 11.6 Å². The smallest absolute Gasteiger partial charge is 0.245 e. The van der Waals surface area contributed by atoms with Crippen LogP contribution in [0.25, 0.3) is 0 Å². The third kappa shape index (κ3) is 2.91. The molecule has 0 bridgehead atoms. The average Bonchev–Trinajstić information content (AvgIpc) is 3.16. The Hall–Kier alpha value is -1.15. The summed E-state index contributed by atoms with van der Waals surface area (Å²) in [5.74, 6) is 0.0499. The quantitative estimate of drug-likeness (QED) is 0.819. The number of aromatic nitrogens is 1. The largest absolute Gasteiger partial charge is 0.340 e. The molecule has 2 aliphatic rings. The molecule has 21 heavy (non-hydrogen) atoms. The fourth-order valence-electron chi connectivity index (χ4n) is 3.10. The van der Waals surface area contributed by atoms with Crippen molar-refractivity contribution in [1.82, 2.24) is 9.88 Å². The van der Waals surface area contributed by atoms with E-state index in [4.69, 9.17) is 0 Å². The number of thiazole rings is 1. The van der Waals surface area contributed by atoms with Crippen molar-refractivity contribution < 1.29 is 13.2 Å². The van der Waals surface area contributed by atoms with Crippen LogP contribution in [-0.2, 0) is 14.6 Å². The molecule has 0 spiro atoms. The first kappa shape index (κ1) is 14.8. The van der Waals surface area contributed by atoms with Gasteiger partial charge in [-0.15, -0.1) is 11.3 Å². The van der Waals surface area contributed by atoms with Gasteiger partial charge in [-0.3, -0.25) is 4.79 Å². The van der Waals surface area contributed by atoms with Crippen molar-refractivity contribution >= 4 is 32.2 Å². The zero-order valence-electron chi connectivity index (χ0n) is 11.9. The zero-order valence-corrected chi connectivity index (χ0v) is 13.6. The normalized spacial score (nSPS) is 26.5. The molecule has 0 N–H and O–H groups in total. The van der Waals surface area contributed by atoms with Crippen LogP contribution in [0.3, 0.4) is 0 Å². The first-order chi connectivity index (χ1) is 9.97. The van der Waals surface area contributed by atoms with Crippen LogP contribution in [0.15, 0.2) is 11.6 Å². The van der Waals surface area contributed by atoms with Crippen LogP contribution < -0.4 is 4.90 Å². The number of rotatable bonds is 3. The first-order valence-corrected chi connectivity index (χ1v) is 9.94. The van der Waals surface area contributed by atoms with Crippen LogP contribution >= 0.6 is 11.3 Å². The number of nitrogens with zero attached hydrogens (tertiary/aromatic N) is 3. The highest BCUT2D eigenvalue weighted by molar-refractivity contribution is 7.91. The summed E-state index contributed by atoms with van der Waals surface area (Å²) >= 11 is 1.54. The predicted molar refractivity (Wildman–Crippen MR) is 82.3 cm³/mol. The lowest BCUT2D eigenvalue weighted by atomic mass is 10.2. The molecule has 0 radical (unpaired) electrons. The molecule has 116 valence electrons. The van der Waals surface area contributed by atoms with E-state index in [2.05, 4.69) is 9.88 Å². The third-order valence-electron chi connectivity index (χ3n) is 4.27. The van der Waals surface area contributed by atoms with E-state index >= 15 is 0 Å². The van der Waals surface area contributed by atoms with Crippen LogP contribution in [-0.4, -0.2) is 61.4 Å². The van der Waals surface area contributed by atoms with Crippen molar-refractivity contribution in [2.75, 3.05) is 30.8 Å². The molecule has 3 heterocycles. The number of hydrogen-bond acceptors (Lipinski definition) is 6. The van der Waals surface area contributed by atoms with Crippen molar-refractivity contribution in [2.24, 2.45) is 0 Å². The maximum absolute atomic E-state index is 12.7. The number of carbonyl (C=O) groups excluding carboxylic acids is 1. The van der Waals surface area contributed by atoms with Crippen molar-refractivity contribution in [1.29, 1.82) is 0 Å². The van der Waals surface area contributed by atoms with Crippen LogP contribution in [0.4, 0.5) is 5.13 Å². The summed E-state index contributed by atoms with van der Waals surface area (Å²) in [6, 6.07) is -0.186. The Kier molecular flexibility index (Phi) is 3.92. The number of anilines is 1. The van der Waals surface area contributed by atoms with Gasteiger partial charge in [0.05, 0.1) is 5.25 Å². The van der Waals surface area contributed by atoms with Gasteiger partial charge in [-0.05, 0) is 19.3 Å². The molecule has 8 heteroatoms. The lowest BCUT2D eigenvalue weighted by molar-refractivity contribution is -0.131. The molecular weight excluding hydrogens is 310 g/mol. The summed E-state index contributed by atoms with van der Waals surface area (Å²) in [7, 11) is -3.07. The molecule has 0 aliphatic carbocycles. The maximum Gasteiger partial charge on any atom is 0.245 e. The molecule has 1 aromatic rings. The van der Waals surface area contributed by atoms with E-state index in [9.17, 15) is 13.2 Å². The van der Waals surface area contributed by atoms with Crippen molar-refractivity contribution in [2.45, 2.75) is 30.6 Å². The minimum Gasteiger partial charge on any atom is -0.340 e. The highest BCUT2D eigenvalue weighted by Crippen LogP contribution is 2.29. The molecule has 0 aromatic carbocycles. The summed E-state index contributed by atoms with van der Waals surface area (Å²) in [5.41, 5.74) is 0. The second kappa shape index (κ2) is 5.57. The van der Waals surface area contributed by atoms with Crippen molar-refractivity contribution in [3.63, 3.8) is 0 Å². The van der Waals surface area contributed by atoms with Gasteiger partial charge in [0, 0.05) is 37.5 Å². The molecule has 2 aliphatic heterocycles. The molecule has 1 aromatic heterocycles. The SMILES string of the molecule is CS(=O)(=O)[C@H]1CCN(C(=O)[C@@H]2CCCN2c2nccs2)C1. The second-order valence-corrected chi connectivity index (χ2v) is 8.89. The third-order valence-corrected chi connectivity index (χ3v) is 6.67. The van der Waals surface area contributed by atoms with Gasteiger partial charge in [0.1, 0.15) is 6.04 Å². The molecule has 0 unspecified atom stereocenters. The summed E-state index contributed by atoms with van der Waals surface area (Å²) in [6.45, 7) is 1.71. The van der Waals surface area contributed by atoms with Gasteiger partial charge < -0.3 is 9.80 Å². The molecular formula is C13H19N3O3S2. The Bertz CT molecular complexity index is 615. The van der Waals surface area contributed by atoms with E-state index in [0.29, 0.717) is 19.5 Å². The maximum atomic E-state index is 12.7. The van der Waals surface area contributed by atoms with Gasteiger partial charge in [-0.2, -0.15) is 0 Å². The molecule has 2 atom stereocenters. The van der Waals surface area contributed by atoms with Crippen LogP contribution in [0.2, 0.25) is 0 Å². The topological polar surface area (TPSA) is 70.6 Å². The fourth-order valence-corrected chi connectivity index (χ4v) is 4.80. The van der Waals surface area contributed by atoms with Gasteiger partial charge in [0.25, 0.3) is 0 Å². The Labute approximate surface area is 128 Å². The Morgan fingerprint density at radius 3 is 2.81 bits per heavy atom. The Morgan fingerprint density at radius 2 is 2.19 bits per heavy atom. The lowest BCUT2D eigenvalue weighted by Gasteiger charge is -2.27. The molecule has 0 saturated carbocycles. The average molecular weight is 329 g/mol. The molecule has 3 rings (SSSR count). The minimum atomic E-state index is -3.07. The predicted octanol–water partition coefficient (Wildman–Crippen LogP) is 0.757. The summed E-state index contributed by atoms with van der Waals surface area (Å²) in [5, 5.41) is 2.38. The van der Waals surface area contributed by atoms with E-state index in [-0.39, 0.29) is 11.9 Å². The van der Waals surface area contributed by atoms with Crippen molar-refractivity contribution in [3.8, 4) is 0 Å². The fraction of sp³-hybridized carbons (Fsp3) is 0.692. The zero-order chi connectivity index (χ0) is 15.0. The lowest BCUT2D eigenvalue weighted by Crippen LogP contribution is -2.45. The van der Waals surface area contributed by atoms with E-state index in [1.807, 2.05) is 5.38 Å². The van der Waals surface area contributed by atoms with Gasteiger partial charge >= 0.3 is 0 Å². The van der Waals surface area contributed by atoms with Crippen LogP contribution in [0, 0.1) is 0 Å². The van der Waals surface area contributed by atoms with Gasteiger partial charge in [-0.25, -0.2) is 13.4 Å². The van der Waals surface area contributed by atoms with E-state index in [1.165, 1.54) is 17.6 Å². The monoisotopic (exact) mass is 329 g/mol. The highest BCUT2D eigenvalue weighted by Gasteiger charge is 2.39. The number of hydrogen-bond donors (Lipinski definition) is 0. The summed E-state index contributed by atoms with van der Waals surface area (Å²) < 4.78 is 23.2. The van der Waals surface area contributed by atoms with E-state index in [0.717, 1.165) is 24.5 Å². The Morgan fingerprint density at radius 1 is 1.38 bits per heavy atom. The van der Waals surface area contributed by atoms with E-state index < -0.39 is 15.1 Å². The minimum absolute atomic E-state index is 0.0499. The Balaban J connectivity index is 1.71. The number of amides is 1. The van der Waals surface area contributed by atoms with Gasteiger partial charge in [0.2, 0.25) is 5.91 Å². The van der Waals surface area contributed by atoms with E-state index in [1.54, 1.807) is 11.1 Å². The summed E-state index contributed by atoms with van der Waals surface area (Å²) in [6.07, 6.45) is 5.34. The van der Waals surface area contributed by atoms with Gasteiger partial charge in [0.15, 0.2) is 15.0 Å². The number of likely N-dealkylation sites (tertiary alicyclic amines) is 1.